The molecule has 7 nitrogen and oxygen atoms in total. The second kappa shape index (κ2) is 6.87. The van der Waals surface area contributed by atoms with Gasteiger partial charge in [0.25, 0.3) is 0 Å². The van der Waals surface area contributed by atoms with Gasteiger partial charge in [0.2, 0.25) is 5.91 Å². The summed E-state index contributed by atoms with van der Waals surface area (Å²) in [4.78, 5) is 18.9. The molecule has 0 aromatic carbocycles. The second-order valence-corrected chi connectivity index (χ2v) is 3.48. The zero-order chi connectivity index (χ0) is 12.7. The Morgan fingerprint density at radius 2 is 2.35 bits per heavy atom. The summed E-state index contributed by atoms with van der Waals surface area (Å²) >= 11 is 5.70. The zero-order valence-corrected chi connectivity index (χ0v) is 10.1. The second-order valence-electron chi connectivity index (χ2n) is 3.12. The molecule has 0 aliphatic carbocycles. The number of rotatable bonds is 6. The van der Waals surface area contributed by atoms with Gasteiger partial charge in [-0.3, -0.25) is 4.79 Å². The van der Waals surface area contributed by atoms with Crippen LogP contribution in [0, 0.1) is 0 Å². The number of hydrogen-bond acceptors (Lipinski definition) is 6. The number of nitrogens with one attached hydrogen (secondary N) is 2. The van der Waals surface area contributed by atoms with Crippen LogP contribution in [0.25, 0.3) is 0 Å². The number of ether oxygens (including phenoxy) is 1. The first-order chi connectivity index (χ1) is 8.15. The topological polar surface area (TPSA) is 102 Å². The third-order valence-corrected chi connectivity index (χ3v) is 2.18. The number of nitrogens with zero attached hydrogens (tertiary/aromatic N) is 2. The third-order valence-electron chi connectivity index (χ3n) is 1.88. The number of halogens is 1. The van der Waals surface area contributed by atoms with Crippen LogP contribution >= 0.6 is 11.6 Å². The van der Waals surface area contributed by atoms with Crippen LogP contribution in [0.1, 0.15) is 0 Å². The number of methoxy groups -OCH3 is 1. The summed E-state index contributed by atoms with van der Waals surface area (Å²) in [6, 6.07) is 0. The summed E-state index contributed by atoms with van der Waals surface area (Å²) < 4.78 is 4.80. The Morgan fingerprint density at radius 3 is 3.06 bits per heavy atom. The van der Waals surface area contributed by atoms with Crippen LogP contribution in [0.4, 0.5) is 11.5 Å². The highest BCUT2D eigenvalue weighted by molar-refractivity contribution is 6.32. The zero-order valence-electron chi connectivity index (χ0n) is 9.36. The van der Waals surface area contributed by atoms with Gasteiger partial charge in [-0.25, -0.2) is 9.97 Å². The summed E-state index contributed by atoms with van der Waals surface area (Å²) in [6.45, 7) is 0.978. The molecule has 1 aromatic rings. The Morgan fingerprint density at radius 1 is 1.59 bits per heavy atom. The van der Waals surface area contributed by atoms with Gasteiger partial charge in [-0.05, 0) is 0 Å². The summed E-state index contributed by atoms with van der Waals surface area (Å²) in [5, 5.41) is 5.57. The fourth-order valence-corrected chi connectivity index (χ4v) is 1.17. The van der Waals surface area contributed by atoms with Crippen LogP contribution in [0.5, 0.6) is 0 Å². The minimum absolute atomic E-state index is 0.0568. The van der Waals surface area contributed by atoms with E-state index in [2.05, 4.69) is 20.6 Å². The summed E-state index contributed by atoms with van der Waals surface area (Å²) in [5.41, 5.74) is 5.84. The van der Waals surface area contributed by atoms with Crippen LogP contribution in [-0.2, 0) is 9.53 Å². The van der Waals surface area contributed by atoms with Crippen molar-refractivity contribution in [3.8, 4) is 0 Å². The number of hydrogen-bond donors (Lipinski definition) is 3. The lowest BCUT2D eigenvalue weighted by Gasteiger charge is -2.08. The van der Waals surface area contributed by atoms with Crippen molar-refractivity contribution >= 4 is 29.0 Å². The Balaban J connectivity index is 2.39. The van der Waals surface area contributed by atoms with E-state index in [4.69, 9.17) is 22.1 Å². The number of nitrogens with two attached hydrogens (primary N) is 1. The van der Waals surface area contributed by atoms with Crippen molar-refractivity contribution in [2.24, 2.45) is 0 Å². The van der Waals surface area contributed by atoms with Gasteiger partial charge in [0.1, 0.15) is 12.0 Å². The van der Waals surface area contributed by atoms with Crippen molar-refractivity contribution in [3.05, 3.63) is 11.5 Å². The van der Waals surface area contributed by atoms with Crippen LogP contribution in [0.3, 0.4) is 0 Å². The minimum Gasteiger partial charge on any atom is -0.393 e. The van der Waals surface area contributed by atoms with Gasteiger partial charge >= 0.3 is 0 Å². The monoisotopic (exact) mass is 259 g/mol. The number of nitrogen functional groups attached to an aromatic ring is 1. The van der Waals surface area contributed by atoms with E-state index in [0.717, 1.165) is 0 Å². The molecule has 0 atom stereocenters. The molecule has 0 unspecified atom stereocenters. The molecule has 0 saturated carbocycles. The number of anilines is 2. The maximum atomic E-state index is 11.3. The van der Waals surface area contributed by atoms with Crippen LogP contribution in [0.2, 0.25) is 5.15 Å². The highest BCUT2D eigenvalue weighted by Crippen LogP contribution is 2.21. The largest absolute Gasteiger partial charge is 0.393 e. The van der Waals surface area contributed by atoms with Gasteiger partial charge in [0.05, 0.1) is 13.2 Å². The van der Waals surface area contributed by atoms with Crippen molar-refractivity contribution in [1.29, 1.82) is 0 Å². The molecule has 1 aromatic heterocycles. The molecular formula is C9H14ClN5O2. The molecule has 0 saturated heterocycles. The van der Waals surface area contributed by atoms with Crippen molar-refractivity contribution in [2.45, 2.75) is 0 Å². The molecular weight excluding hydrogens is 246 g/mol. The molecule has 17 heavy (non-hydrogen) atoms. The fraction of sp³-hybridized carbons (Fsp3) is 0.444. The average molecular weight is 260 g/mol. The molecule has 8 heteroatoms. The van der Waals surface area contributed by atoms with Crippen molar-refractivity contribution in [1.82, 2.24) is 15.3 Å². The SMILES string of the molecule is COCCNC(=O)CNc1ncnc(Cl)c1N. The lowest BCUT2D eigenvalue weighted by molar-refractivity contribution is -0.119. The van der Waals surface area contributed by atoms with E-state index in [1.54, 1.807) is 7.11 Å². The van der Waals surface area contributed by atoms with E-state index in [-0.39, 0.29) is 23.3 Å². The standard InChI is InChI=1S/C9H14ClN5O2/c1-17-3-2-12-6(16)4-13-9-7(11)8(10)14-5-15-9/h5H,2-4,11H2,1H3,(H,12,16)(H,13,14,15). The highest BCUT2D eigenvalue weighted by atomic mass is 35.5. The first-order valence-electron chi connectivity index (χ1n) is 4.90. The van der Waals surface area contributed by atoms with Crippen LogP contribution in [0.15, 0.2) is 6.33 Å². The minimum atomic E-state index is -0.184. The number of carbonyl (C=O) groups is 1. The van der Waals surface area contributed by atoms with Gasteiger partial charge in [-0.1, -0.05) is 11.6 Å². The molecule has 1 amide bonds. The third kappa shape index (κ3) is 4.41. The van der Waals surface area contributed by atoms with E-state index in [9.17, 15) is 4.79 Å². The molecule has 1 rings (SSSR count). The van der Waals surface area contributed by atoms with Crippen LogP contribution < -0.4 is 16.4 Å². The number of aromatic nitrogens is 2. The predicted molar refractivity (Wildman–Crippen MR) is 64.8 cm³/mol. The Labute approximate surface area is 104 Å². The van der Waals surface area contributed by atoms with E-state index in [1.807, 2.05) is 0 Å². The first-order valence-corrected chi connectivity index (χ1v) is 5.28. The Bertz CT molecular complexity index is 388. The lowest BCUT2D eigenvalue weighted by Crippen LogP contribution is -2.32. The molecule has 0 radical (unpaired) electrons. The van der Waals surface area contributed by atoms with Gasteiger partial charge in [0.15, 0.2) is 11.0 Å². The number of carbonyl (C=O) groups excluding carboxylic acids is 1. The molecule has 0 aliphatic rings. The van der Waals surface area contributed by atoms with Gasteiger partial charge in [-0.2, -0.15) is 0 Å². The van der Waals surface area contributed by atoms with Gasteiger partial charge < -0.3 is 21.1 Å². The van der Waals surface area contributed by atoms with Crippen molar-refractivity contribution in [2.75, 3.05) is 37.9 Å². The quantitative estimate of drug-likeness (QED) is 0.487. The van der Waals surface area contributed by atoms with Gasteiger partial charge in [-0.15, -0.1) is 0 Å². The molecule has 4 N–H and O–H groups in total. The molecule has 0 fully saturated rings. The number of amides is 1. The normalized spacial score (nSPS) is 10.0. The first kappa shape index (κ1) is 13.5. The molecule has 1 heterocycles. The molecule has 0 bridgehead atoms. The molecule has 0 aliphatic heterocycles. The lowest BCUT2D eigenvalue weighted by atomic mass is 10.4. The Kier molecular flexibility index (Phi) is 5.44. The van der Waals surface area contributed by atoms with Crippen molar-refractivity contribution < 1.29 is 9.53 Å². The van der Waals surface area contributed by atoms with Crippen LogP contribution in [-0.4, -0.2) is 42.7 Å². The van der Waals surface area contributed by atoms with Crippen molar-refractivity contribution in [3.63, 3.8) is 0 Å². The van der Waals surface area contributed by atoms with E-state index < -0.39 is 0 Å². The van der Waals surface area contributed by atoms with E-state index >= 15 is 0 Å². The van der Waals surface area contributed by atoms with E-state index in [0.29, 0.717) is 19.0 Å². The summed E-state index contributed by atoms with van der Waals surface area (Å²) in [7, 11) is 1.56. The summed E-state index contributed by atoms with van der Waals surface area (Å²) in [5.74, 6) is 0.156. The molecule has 0 spiro atoms. The predicted octanol–water partition coefficient (Wildman–Crippen LogP) is -0.113. The fourth-order valence-electron chi connectivity index (χ4n) is 1.03. The average Bonchev–Trinajstić information content (AvgIpc) is 2.31. The Hall–Kier alpha value is -1.60. The summed E-state index contributed by atoms with van der Waals surface area (Å²) in [6.07, 6.45) is 1.27. The van der Waals surface area contributed by atoms with E-state index in [1.165, 1.54) is 6.33 Å². The maximum Gasteiger partial charge on any atom is 0.239 e. The molecule has 94 valence electrons. The van der Waals surface area contributed by atoms with Gasteiger partial charge in [0, 0.05) is 13.7 Å². The smallest absolute Gasteiger partial charge is 0.239 e. The highest BCUT2D eigenvalue weighted by Gasteiger charge is 2.07. The maximum absolute atomic E-state index is 11.3.